The van der Waals surface area contributed by atoms with Crippen LogP contribution >= 0.6 is 15.9 Å². The quantitative estimate of drug-likeness (QED) is 0.713. The smallest absolute Gasteiger partial charge is 0.248 e. The number of carbonyl (C=O) groups is 1. The Morgan fingerprint density at radius 2 is 2.08 bits per heavy atom. The summed E-state index contributed by atoms with van der Waals surface area (Å²) in [6.07, 6.45) is 3.71. The van der Waals surface area contributed by atoms with Gasteiger partial charge in [-0.05, 0) is 36.4 Å². The highest BCUT2D eigenvalue weighted by Crippen LogP contribution is 2.19. The first-order chi connectivity index (χ1) is 11.6. The van der Waals surface area contributed by atoms with Crippen LogP contribution in [0.3, 0.4) is 0 Å². The van der Waals surface area contributed by atoms with Gasteiger partial charge in [-0.15, -0.1) is 0 Å². The lowest BCUT2D eigenvalue weighted by Crippen LogP contribution is -2.24. The molecular weight excluding hydrogens is 415 g/mol. The molecule has 0 bridgehead atoms. The first kappa shape index (κ1) is 19.4. The van der Waals surface area contributed by atoms with Gasteiger partial charge in [-0.25, -0.2) is 12.8 Å². The second-order valence-corrected chi connectivity index (χ2v) is 8.27. The fourth-order valence-corrected chi connectivity index (χ4v) is 2.52. The van der Waals surface area contributed by atoms with Crippen LogP contribution in [0.25, 0.3) is 6.08 Å². The van der Waals surface area contributed by atoms with Gasteiger partial charge in [0.2, 0.25) is 15.9 Å². The normalized spacial score (nSPS) is 12.0. The van der Waals surface area contributed by atoms with Gasteiger partial charge in [0.05, 0.1) is 18.5 Å². The number of furan rings is 1. The summed E-state index contributed by atoms with van der Waals surface area (Å²) in [6.45, 7) is 0.0863. The van der Waals surface area contributed by atoms with Gasteiger partial charge in [0, 0.05) is 17.6 Å². The van der Waals surface area contributed by atoms with E-state index in [-0.39, 0.29) is 12.2 Å². The molecule has 0 fully saturated rings. The molecule has 9 heteroatoms. The average Bonchev–Trinajstić information content (AvgIpc) is 2.95. The zero-order valence-electron chi connectivity index (χ0n) is 13.5. The number of nitrogens with zero attached hydrogens (tertiary/aromatic N) is 1. The van der Waals surface area contributed by atoms with Gasteiger partial charge in [0.1, 0.15) is 17.3 Å². The first-order valence-electron chi connectivity index (χ1n) is 7.09. The third kappa shape index (κ3) is 5.80. The predicted molar refractivity (Wildman–Crippen MR) is 96.8 cm³/mol. The van der Waals surface area contributed by atoms with Crippen LogP contribution in [0.5, 0.6) is 0 Å². The van der Waals surface area contributed by atoms with Crippen LogP contribution in [0.15, 0.2) is 45.3 Å². The van der Waals surface area contributed by atoms with Crippen LogP contribution < -0.4 is 5.32 Å². The molecule has 0 saturated carbocycles. The molecule has 1 N–H and O–H groups in total. The minimum atomic E-state index is -3.31. The van der Waals surface area contributed by atoms with Crippen molar-refractivity contribution in [3.63, 3.8) is 0 Å². The van der Waals surface area contributed by atoms with E-state index in [1.165, 1.54) is 31.3 Å². The SMILES string of the molecule is CN(Cc1ccc(/C=C/C(=O)Nc2ccc(Br)cc2F)o1)S(C)(=O)=O. The molecule has 1 heterocycles. The Balaban J connectivity index is 1.98. The van der Waals surface area contributed by atoms with Crippen molar-refractivity contribution >= 4 is 43.6 Å². The Kier molecular flexibility index (Phi) is 6.15. The van der Waals surface area contributed by atoms with Crippen LogP contribution in [0.2, 0.25) is 0 Å². The average molecular weight is 431 g/mol. The molecule has 0 unspecified atom stereocenters. The standard InChI is InChI=1S/C16H16BrFN2O4S/c1-20(25(2,22)23)10-13-5-4-12(24-13)6-8-16(21)19-15-7-3-11(17)9-14(15)18/h3-9H,10H2,1-2H3,(H,19,21)/b8-6+. The fourth-order valence-electron chi connectivity index (χ4n) is 1.83. The molecule has 0 aliphatic carbocycles. The number of benzene rings is 1. The number of sulfonamides is 1. The van der Waals surface area contributed by atoms with Crippen molar-refractivity contribution in [3.05, 3.63) is 58.2 Å². The van der Waals surface area contributed by atoms with E-state index in [2.05, 4.69) is 21.2 Å². The fraction of sp³-hybridized carbons (Fsp3) is 0.188. The van der Waals surface area contributed by atoms with Gasteiger partial charge in [0.25, 0.3) is 0 Å². The lowest BCUT2D eigenvalue weighted by Gasteiger charge is -2.11. The van der Waals surface area contributed by atoms with Crippen LogP contribution in [0.1, 0.15) is 11.5 Å². The van der Waals surface area contributed by atoms with E-state index < -0.39 is 21.7 Å². The molecule has 1 aromatic carbocycles. The van der Waals surface area contributed by atoms with Gasteiger partial charge in [-0.2, -0.15) is 4.31 Å². The maximum Gasteiger partial charge on any atom is 0.248 e. The highest BCUT2D eigenvalue weighted by molar-refractivity contribution is 9.10. The minimum Gasteiger partial charge on any atom is -0.460 e. The zero-order chi connectivity index (χ0) is 18.6. The van der Waals surface area contributed by atoms with Crippen LogP contribution in [0.4, 0.5) is 10.1 Å². The molecule has 1 amide bonds. The lowest BCUT2D eigenvalue weighted by molar-refractivity contribution is -0.111. The second-order valence-electron chi connectivity index (χ2n) is 5.27. The number of halogens is 2. The maximum atomic E-state index is 13.7. The molecule has 2 aromatic rings. The van der Waals surface area contributed by atoms with Crippen molar-refractivity contribution < 1.29 is 22.0 Å². The van der Waals surface area contributed by atoms with Crippen molar-refractivity contribution in [1.29, 1.82) is 0 Å². The molecule has 6 nitrogen and oxygen atoms in total. The van der Waals surface area contributed by atoms with E-state index >= 15 is 0 Å². The molecule has 0 saturated heterocycles. The number of carbonyl (C=O) groups excluding carboxylic acids is 1. The Morgan fingerprint density at radius 1 is 1.36 bits per heavy atom. The molecule has 0 aliphatic rings. The number of amides is 1. The highest BCUT2D eigenvalue weighted by Gasteiger charge is 2.13. The number of hydrogen-bond acceptors (Lipinski definition) is 4. The van der Waals surface area contributed by atoms with E-state index in [0.29, 0.717) is 16.0 Å². The summed E-state index contributed by atoms with van der Waals surface area (Å²) < 4.78 is 43.5. The van der Waals surface area contributed by atoms with E-state index in [9.17, 15) is 17.6 Å². The Labute approximate surface area is 153 Å². The van der Waals surface area contributed by atoms with E-state index in [1.54, 1.807) is 18.2 Å². The van der Waals surface area contributed by atoms with Crippen molar-refractivity contribution in [2.45, 2.75) is 6.54 Å². The predicted octanol–water partition coefficient (Wildman–Crippen LogP) is 3.22. The molecule has 2 rings (SSSR count). The lowest BCUT2D eigenvalue weighted by atomic mass is 10.3. The summed E-state index contributed by atoms with van der Waals surface area (Å²) in [5.74, 6) is -0.261. The number of anilines is 1. The third-order valence-electron chi connectivity index (χ3n) is 3.22. The summed E-state index contributed by atoms with van der Waals surface area (Å²) in [5, 5.41) is 2.42. The van der Waals surface area contributed by atoms with Crippen molar-refractivity contribution in [1.82, 2.24) is 4.31 Å². The van der Waals surface area contributed by atoms with Gasteiger partial charge in [-0.3, -0.25) is 4.79 Å². The summed E-state index contributed by atoms with van der Waals surface area (Å²) in [7, 11) is -1.87. The van der Waals surface area contributed by atoms with Gasteiger partial charge >= 0.3 is 0 Å². The number of hydrogen-bond donors (Lipinski definition) is 1. The Morgan fingerprint density at radius 3 is 2.72 bits per heavy atom. The monoisotopic (exact) mass is 430 g/mol. The largest absolute Gasteiger partial charge is 0.460 e. The molecule has 0 aliphatic heterocycles. The highest BCUT2D eigenvalue weighted by atomic mass is 79.9. The summed E-state index contributed by atoms with van der Waals surface area (Å²) in [5.41, 5.74) is 0.0627. The maximum absolute atomic E-state index is 13.7. The molecular formula is C16H16BrFN2O4S. The van der Waals surface area contributed by atoms with Gasteiger partial charge in [0.15, 0.2) is 0 Å². The van der Waals surface area contributed by atoms with Gasteiger partial charge in [-0.1, -0.05) is 15.9 Å². The summed E-state index contributed by atoms with van der Waals surface area (Å²) in [4.78, 5) is 11.8. The van der Waals surface area contributed by atoms with Crippen molar-refractivity contribution in [2.24, 2.45) is 0 Å². The molecule has 0 radical (unpaired) electrons. The van der Waals surface area contributed by atoms with Gasteiger partial charge < -0.3 is 9.73 Å². The summed E-state index contributed by atoms with van der Waals surface area (Å²) >= 11 is 3.14. The first-order valence-corrected chi connectivity index (χ1v) is 9.73. The van der Waals surface area contributed by atoms with E-state index in [0.717, 1.165) is 10.6 Å². The van der Waals surface area contributed by atoms with Crippen LogP contribution in [0, 0.1) is 5.82 Å². The second kappa shape index (κ2) is 7.94. The topological polar surface area (TPSA) is 79.6 Å². The molecule has 1 aromatic heterocycles. The third-order valence-corrected chi connectivity index (χ3v) is 4.97. The molecule has 0 atom stereocenters. The minimum absolute atomic E-state index is 0.0627. The van der Waals surface area contributed by atoms with Crippen LogP contribution in [-0.4, -0.2) is 31.9 Å². The number of rotatable bonds is 6. The van der Waals surface area contributed by atoms with Crippen molar-refractivity contribution in [3.8, 4) is 0 Å². The van der Waals surface area contributed by atoms with Crippen LogP contribution in [-0.2, 0) is 21.4 Å². The molecule has 0 spiro atoms. The Hall–Kier alpha value is -1.97. The summed E-state index contributed by atoms with van der Waals surface area (Å²) in [6, 6.07) is 7.52. The van der Waals surface area contributed by atoms with E-state index in [4.69, 9.17) is 4.42 Å². The zero-order valence-corrected chi connectivity index (χ0v) is 15.9. The molecule has 25 heavy (non-hydrogen) atoms. The number of nitrogens with one attached hydrogen (secondary N) is 1. The van der Waals surface area contributed by atoms with Crippen molar-refractivity contribution in [2.75, 3.05) is 18.6 Å². The Bertz CT molecular complexity index is 909. The van der Waals surface area contributed by atoms with E-state index in [1.807, 2.05) is 0 Å². The molecule has 134 valence electrons.